The van der Waals surface area contributed by atoms with Crippen LogP contribution in [0.4, 0.5) is 0 Å². The lowest BCUT2D eigenvalue weighted by molar-refractivity contribution is 0.0550. The summed E-state index contributed by atoms with van der Waals surface area (Å²) in [4.78, 5) is 2.21. The van der Waals surface area contributed by atoms with Crippen LogP contribution < -0.4 is 0 Å². The molecule has 1 heterocycles. The molecule has 0 aromatic heterocycles. The zero-order valence-electron chi connectivity index (χ0n) is 7.10. The molecular formula is C9H15NO. The summed E-state index contributed by atoms with van der Waals surface area (Å²) in [6.45, 7) is 13.3. The minimum absolute atomic E-state index is 0.812. The van der Waals surface area contributed by atoms with Crippen LogP contribution in [0.3, 0.4) is 0 Å². The molecule has 11 heavy (non-hydrogen) atoms. The first kappa shape index (κ1) is 8.34. The molecule has 0 unspecified atom stereocenters. The molecule has 62 valence electrons. The molecule has 0 bridgehead atoms. The van der Waals surface area contributed by atoms with Gasteiger partial charge in [-0.2, -0.15) is 0 Å². The Kier molecular flexibility index (Phi) is 2.71. The summed E-state index contributed by atoms with van der Waals surface area (Å²) in [7, 11) is 0. The summed E-state index contributed by atoms with van der Waals surface area (Å²) < 4.78 is 5.22. The molecule has 1 aliphatic heterocycles. The molecule has 0 atom stereocenters. The SMILES string of the molecule is C=C(C)C(=C)N1CCOCC1. The second-order valence-electron chi connectivity index (χ2n) is 2.83. The quantitative estimate of drug-likeness (QED) is 0.556. The molecule has 0 saturated carbocycles. The van der Waals surface area contributed by atoms with Crippen molar-refractivity contribution >= 4 is 0 Å². The van der Waals surface area contributed by atoms with E-state index in [0.717, 1.165) is 37.6 Å². The van der Waals surface area contributed by atoms with Gasteiger partial charge in [0.15, 0.2) is 0 Å². The molecule has 2 heteroatoms. The highest BCUT2D eigenvalue weighted by molar-refractivity contribution is 5.21. The van der Waals surface area contributed by atoms with Crippen molar-refractivity contribution in [1.82, 2.24) is 4.90 Å². The molecule has 0 radical (unpaired) electrons. The molecule has 0 aliphatic carbocycles. The zero-order chi connectivity index (χ0) is 8.27. The van der Waals surface area contributed by atoms with E-state index >= 15 is 0 Å². The van der Waals surface area contributed by atoms with Crippen molar-refractivity contribution in [2.24, 2.45) is 0 Å². The topological polar surface area (TPSA) is 12.5 Å². The van der Waals surface area contributed by atoms with Crippen LogP contribution >= 0.6 is 0 Å². The molecule has 1 fully saturated rings. The third-order valence-electron chi connectivity index (χ3n) is 1.89. The summed E-state index contributed by atoms with van der Waals surface area (Å²) in [6.07, 6.45) is 0. The summed E-state index contributed by atoms with van der Waals surface area (Å²) in [5, 5.41) is 0. The number of ether oxygens (including phenoxy) is 1. The Labute approximate surface area is 68.1 Å². The van der Waals surface area contributed by atoms with Crippen LogP contribution in [0.2, 0.25) is 0 Å². The smallest absolute Gasteiger partial charge is 0.0642 e. The Morgan fingerprint density at radius 1 is 1.27 bits per heavy atom. The number of nitrogens with zero attached hydrogens (tertiary/aromatic N) is 1. The lowest BCUT2D eigenvalue weighted by atomic mass is 10.2. The van der Waals surface area contributed by atoms with Gasteiger partial charge in [0.1, 0.15) is 0 Å². The predicted molar refractivity (Wildman–Crippen MR) is 46.3 cm³/mol. The summed E-state index contributed by atoms with van der Waals surface area (Å²) in [5.74, 6) is 0. The molecule has 0 aromatic rings. The normalized spacial score (nSPS) is 18.1. The Hall–Kier alpha value is -0.760. The predicted octanol–water partition coefficient (Wildman–Crippen LogP) is 1.41. The van der Waals surface area contributed by atoms with Gasteiger partial charge in [-0.1, -0.05) is 13.2 Å². The zero-order valence-corrected chi connectivity index (χ0v) is 7.10. The van der Waals surface area contributed by atoms with Gasteiger partial charge >= 0.3 is 0 Å². The lowest BCUT2D eigenvalue weighted by Crippen LogP contribution is -2.35. The van der Waals surface area contributed by atoms with E-state index in [0.29, 0.717) is 0 Å². The maximum atomic E-state index is 5.22. The Morgan fingerprint density at radius 3 is 2.27 bits per heavy atom. The second kappa shape index (κ2) is 3.58. The highest BCUT2D eigenvalue weighted by Gasteiger charge is 2.11. The third-order valence-corrected chi connectivity index (χ3v) is 1.89. The average molecular weight is 153 g/mol. The van der Waals surface area contributed by atoms with Crippen LogP contribution in [0.15, 0.2) is 24.4 Å². The van der Waals surface area contributed by atoms with E-state index < -0.39 is 0 Å². The lowest BCUT2D eigenvalue weighted by Gasteiger charge is -2.30. The highest BCUT2D eigenvalue weighted by atomic mass is 16.5. The highest BCUT2D eigenvalue weighted by Crippen LogP contribution is 2.11. The first-order chi connectivity index (χ1) is 5.22. The Balaban J connectivity index is 2.45. The van der Waals surface area contributed by atoms with E-state index in [4.69, 9.17) is 4.74 Å². The molecule has 1 aliphatic rings. The van der Waals surface area contributed by atoms with E-state index in [1.807, 2.05) is 6.92 Å². The molecule has 0 spiro atoms. The number of allylic oxidation sites excluding steroid dienone is 1. The van der Waals surface area contributed by atoms with Gasteiger partial charge in [0.05, 0.1) is 13.2 Å². The van der Waals surface area contributed by atoms with E-state index in [9.17, 15) is 0 Å². The van der Waals surface area contributed by atoms with Crippen LogP contribution in [0, 0.1) is 0 Å². The largest absolute Gasteiger partial charge is 0.378 e. The van der Waals surface area contributed by atoms with E-state index in [-0.39, 0.29) is 0 Å². The van der Waals surface area contributed by atoms with Gasteiger partial charge in [-0.15, -0.1) is 0 Å². The van der Waals surface area contributed by atoms with Gasteiger partial charge in [0, 0.05) is 18.8 Å². The number of hydrogen-bond acceptors (Lipinski definition) is 2. The minimum Gasteiger partial charge on any atom is -0.378 e. The molecule has 0 N–H and O–H groups in total. The van der Waals surface area contributed by atoms with E-state index in [2.05, 4.69) is 18.1 Å². The maximum Gasteiger partial charge on any atom is 0.0642 e. The monoisotopic (exact) mass is 153 g/mol. The first-order valence-electron chi connectivity index (χ1n) is 3.89. The fourth-order valence-electron chi connectivity index (χ4n) is 1.10. The second-order valence-corrected chi connectivity index (χ2v) is 2.83. The fourth-order valence-corrected chi connectivity index (χ4v) is 1.10. The molecule has 2 nitrogen and oxygen atoms in total. The number of hydrogen-bond donors (Lipinski definition) is 0. The van der Waals surface area contributed by atoms with E-state index in [1.54, 1.807) is 0 Å². The van der Waals surface area contributed by atoms with Gasteiger partial charge in [-0.25, -0.2) is 0 Å². The van der Waals surface area contributed by atoms with Crippen LogP contribution in [0.25, 0.3) is 0 Å². The summed E-state index contributed by atoms with van der Waals surface area (Å²) in [6, 6.07) is 0. The third kappa shape index (κ3) is 2.09. The van der Waals surface area contributed by atoms with Crippen molar-refractivity contribution in [2.45, 2.75) is 6.92 Å². The van der Waals surface area contributed by atoms with Crippen molar-refractivity contribution in [3.63, 3.8) is 0 Å². The summed E-state index contributed by atoms with van der Waals surface area (Å²) in [5.41, 5.74) is 2.10. The van der Waals surface area contributed by atoms with E-state index in [1.165, 1.54) is 0 Å². The number of rotatable bonds is 2. The van der Waals surface area contributed by atoms with Crippen molar-refractivity contribution in [2.75, 3.05) is 26.3 Å². The van der Waals surface area contributed by atoms with Crippen LogP contribution in [0.1, 0.15) is 6.92 Å². The van der Waals surface area contributed by atoms with Crippen LogP contribution in [0.5, 0.6) is 0 Å². The maximum absolute atomic E-state index is 5.22. The Morgan fingerprint density at radius 2 is 1.82 bits per heavy atom. The summed E-state index contributed by atoms with van der Waals surface area (Å²) >= 11 is 0. The number of morpholine rings is 1. The Bertz CT molecular complexity index is 168. The van der Waals surface area contributed by atoms with Gasteiger partial charge in [0.2, 0.25) is 0 Å². The van der Waals surface area contributed by atoms with Gasteiger partial charge in [-0.3, -0.25) is 0 Å². The minimum atomic E-state index is 0.812. The molecular weight excluding hydrogens is 138 g/mol. The standard InChI is InChI=1S/C9H15NO/c1-8(2)9(3)10-4-6-11-7-5-10/h1,3-7H2,2H3. The van der Waals surface area contributed by atoms with Gasteiger partial charge in [-0.05, 0) is 12.5 Å². The van der Waals surface area contributed by atoms with Crippen molar-refractivity contribution in [1.29, 1.82) is 0 Å². The van der Waals surface area contributed by atoms with Crippen molar-refractivity contribution < 1.29 is 4.74 Å². The molecule has 0 amide bonds. The fraction of sp³-hybridized carbons (Fsp3) is 0.556. The van der Waals surface area contributed by atoms with Gasteiger partial charge < -0.3 is 9.64 Å². The molecule has 1 rings (SSSR count). The van der Waals surface area contributed by atoms with Crippen molar-refractivity contribution in [3.05, 3.63) is 24.4 Å². The van der Waals surface area contributed by atoms with Crippen LogP contribution in [-0.4, -0.2) is 31.2 Å². The van der Waals surface area contributed by atoms with Gasteiger partial charge in [0.25, 0.3) is 0 Å². The molecule has 1 saturated heterocycles. The van der Waals surface area contributed by atoms with Crippen molar-refractivity contribution in [3.8, 4) is 0 Å². The average Bonchev–Trinajstić information content (AvgIpc) is 2.05. The van der Waals surface area contributed by atoms with Crippen LogP contribution in [-0.2, 0) is 4.74 Å². The molecule has 0 aromatic carbocycles. The first-order valence-corrected chi connectivity index (χ1v) is 3.89.